The lowest BCUT2D eigenvalue weighted by molar-refractivity contribution is -0.151. The third-order valence-corrected chi connectivity index (χ3v) is 6.80. The number of esters is 1. The van der Waals surface area contributed by atoms with E-state index in [-0.39, 0.29) is 17.3 Å². The van der Waals surface area contributed by atoms with Gasteiger partial charge in [0.05, 0.1) is 17.3 Å². The molecule has 0 amide bonds. The predicted octanol–water partition coefficient (Wildman–Crippen LogP) is 5.61. The highest BCUT2D eigenvalue weighted by Crippen LogP contribution is 2.37. The number of ether oxygens (including phenoxy) is 2. The number of sulfone groups is 1. The molecule has 2 rings (SSSR count). The molecule has 0 aliphatic heterocycles. The van der Waals surface area contributed by atoms with Gasteiger partial charge in [0.25, 0.3) is 0 Å². The van der Waals surface area contributed by atoms with Crippen LogP contribution in [0.3, 0.4) is 0 Å². The van der Waals surface area contributed by atoms with Crippen LogP contribution >= 0.6 is 11.6 Å². The minimum atomic E-state index is -3.38. The zero-order valence-corrected chi connectivity index (χ0v) is 19.5. The molecule has 0 fully saturated rings. The highest BCUT2D eigenvalue weighted by molar-refractivity contribution is 7.91. The Bertz CT molecular complexity index is 985. The fraction of sp³-hybridized carbons (Fsp3) is 0.435. The molecule has 0 aromatic heterocycles. The quantitative estimate of drug-likeness (QED) is 0.438. The number of rotatable bonds is 10. The number of aryl methyl sites for hydroxylation is 1. The maximum atomic E-state index is 12.6. The molecule has 2 aromatic carbocycles. The molecule has 0 spiro atoms. The third-order valence-electron chi connectivity index (χ3n) is 4.64. The van der Waals surface area contributed by atoms with Crippen LogP contribution in [0.4, 0.5) is 0 Å². The molecule has 5 nitrogen and oxygen atoms in total. The molecule has 7 heteroatoms. The lowest BCUT2D eigenvalue weighted by atomic mass is 9.99. The summed E-state index contributed by atoms with van der Waals surface area (Å²) in [6, 6.07) is 10.2. The highest BCUT2D eigenvalue weighted by Gasteiger charge is 2.23. The van der Waals surface area contributed by atoms with Crippen molar-refractivity contribution >= 4 is 27.4 Å². The molecule has 164 valence electrons. The second-order valence-electron chi connectivity index (χ2n) is 7.08. The molecule has 1 unspecified atom stereocenters. The Morgan fingerprint density at radius 3 is 2.40 bits per heavy atom. The lowest BCUT2D eigenvalue weighted by Gasteiger charge is -2.20. The molecule has 0 saturated heterocycles. The van der Waals surface area contributed by atoms with Gasteiger partial charge in [-0.25, -0.2) is 13.2 Å². The average molecular weight is 453 g/mol. The van der Waals surface area contributed by atoms with E-state index in [1.54, 1.807) is 43.3 Å². The van der Waals surface area contributed by atoms with Gasteiger partial charge >= 0.3 is 5.97 Å². The van der Waals surface area contributed by atoms with E-state index < -0.39 is 21.9 Å². The van der Waals surface area contributed by atoms with Crippen molar-refractivity contribution in [1.29, 1.82) is 0 Å². The maximum Gasteiger partial charge on any atom is 0.347 e. The Balaban J connectivity index is 2.55. The predicted molar refractivity (Wildman–Crippen MR) is 120 cm³/mol. The largest absolute Gasteiger partial charge is 0.478 e. The van der Waals surface area contributed by atoms with Crippen molar-refractivity contribution in [3.8, 4) is 16.9 Å². The lowest BCUT2D eigenvalue weighted by Crippen LogP contribution is -2.29. The standard InChI is InChI=1S/C23H29ClO5S/c1-5-8-22(23(25)28-7-3)29-21-12-10-17(24)14-20(21)19-15-18(11-9-16(19)4)30(26,27)13-6-2/h9-12,14-15,22H,5-8,13H2,1-4H3. The van der Waals surface area contributed by atoms with Gasteiger partial charge in [-0.3, -0.25) is 0 Å². The first-order chi connectivity index (χ1) is 14.2. The summed E-state index contributed by atoms with van der Waals surface area (Å²) in [5.41, 5.74) is 2.21. The van der Waals surface area contributed by atoms with E-state index in [0.29, 0.717) is 34.7 Å². The first-order valence-electron chi connectivity index (χ1n) is 10.2. The molecule has 0 N–H and O–H groups in total. The number of hydrogen-bond donors (Lipinski definition) is 0. The van der Waals surface area contributed by atoms with E-state index in [1.165, 1.54) is 0 Å². The van der Waals surface area contributed by atoms with Crippen molar-refractivity contribution in [1.82, 2.24) is 0 Å². The molecule has 0 aliphatic rings. The van der Waals surface area contributed by atoms with E-state index in [4.69, 9.17) is 21.1 Å². The molecule has 1 atom stereocenters. The summed E-state index contributed by atoms with van der Waals surface area (Å²) >= 11 is 6.24. The van der Waals surface area contributed by atoms with Crippen LogP contribution in [0, 0.1) is 6.92 Å². The van der Waals surface area contributed by atoms with Crippen molar-refractivity contribution in [2.24, 2.45) is 0 Å². The van der Waals surface area contributed by atoms with Crippen LogP contribution in [0.15, 0.2) is 41.3 Å². The summed E-state index contributed by atoms with van der Waals surface area (Å²) in [7, 11) is -3.38. The van der Waals surface area contributed by atoms with Crippen LogP contribution in [0.25, 0.3) is 11.1 Å². The maximum absolute atomic E-state index is 12.6. The zero-order chi connectivity index (χ0) is 22.3. The van der Waals surface area contributed by atoms with Gasteiger partial charge in [-0.1, -0.05) is 37.9 Å². The van der Waals surface area contributed by atoms with E-state index in [9.17, 15) is 13.2 Å². The second-order valence-corrected chi connectivity index (χ2v) is 9.63. The summed E-state index contributed by atoms with van der Waals surface area (Å²) in [5.74, 6) is 0.117. The second kappa shape index (κ2) is 10.8. The van der Waals surface area contributed by atoms with Gasteiger partial charge in [0.2, 0.25) is 0 Å². The van der Waals surface area contributed by atoms with E-state index in [2.05, 4.69) is 0 Å². The van der Waals surface area contributed by atoms with Gasteiger partial charge in [0.1, 0.15) is 5.75 Å². The minimum absolute atomic E-state index is 0.0792. The molecule has 0 bridgehead atoms. The molecule has 0 radical (unpaired) electrons. The van der Waals surface area contributed by atoms with Crippen LogP contribution in [0.1, 0.15) is 45.6 Å². The SMILES string of the molecule is CCCC(Oc1ccc(Cl)cc1-c1cc(S(=O)(=O)CCC)ccc1C)C(=O)OCC. The monoisotopic (exact) mass is 452 g/mol. The summed E-state index contributed by atoms with van der Waals surface area (Å²) in [4.78, 5) is 12.6. The molecule has 0 heterocycles. The van der Waals surface area contributed by atoms with Crippen molar-refractivity contribution < 1.29 is 22.7 Å². The molecule has 2 aromatic rings. The van der Waals surface area contributed by atoms with Crippen LogP contribution < -0.4 is 4.74 Å². The van der Waals surface area contributed by atoms with Crippen LogP contribution in [0.2, 0.25) is 5.02 Å². The Morgan fingerprint density at radius 2 is 1.77 bits per heavy atom. The zero-order valence-electron chi connectivity index (χ0n) is 17.9. The molecule has 0 aliphatic carbocycles. The Labute approximate surface area is 184 Å². The van der Waals surface area contributed by atoms with Gasteiger partial charge in [-0.05, 0) is 68.1 Å². The molecule has 0 saturated carbocycles. The minimum Gasteiger partial charge on any atom is -0.478 e. The highest BCUT2D eigenvalue weighted by atomic mass is 35.5. The van der Waals surface area contributed by atoms with Crippen LogP contribution in [-0.4, -0.2) is 32.9 Å². The Hall–Kier alpha value is -2.05. The fourth-order valence-corrected chi connectivity index (χ4v) is 4.68. The summed E-state index contributed by atoms with van der Waals surface area (Å²) in [6.45, 7) is 7.71. The number of hydrogen-bond acceptors (Lipinski definition) is 5. The summed E-state index contributed by atoms with van der Waals surface area (Å²) in [6.07, 6.45) is 1.04. The normalized spacial score (nSPS) is 12.4. The van der Waals surface area contributed by atoms with Gasteiger partial charge in [0.15, 0.2) is 15.9 Å². The van der Waals surface area contributed by atoms with Crippen molar-refractivity contribution in [2.45, 2.75) is 58.0 Å². The van der Waals surface area contributed by atoms with E-state index in [1.807, 2.05) is 20.8 Å². The topological polar surface area (TPSA) is 69.7 Å². The Kier molecular flexibility index (Phi) is 8.74. The smallest absolute Gasteiger partial charge is 0.347 e. The number of carbonyl (C=O) groups is 1. The Morgan fingerprint density at radius 1 is 1.03 bits per heavy atom. The first kappa shape index (κ1) is 24.2. The van der Waals surface area contributed by atoms with Gasteiger partial charge in [0, 0.05) is 10.6 Å². The summed E-state index contributed by atoms with van der Waals surface area (Å²) < 4.78 is 36.4. The fourth-order valence-electron chi connectivity index (χ4n) is 3.16. The van der Waals surface area contributed by atoms with Crippen molar-refractivity contribution in [3.05, 3.63) is 47.0 Å². The van der Waals surface area contributed by atoms with E-state index >= 15 is 0 Å². The molecular weight excluding hydrogens is 424 g/mol. The number of benzene rings is 2. The molecular formula is C23H29ClO5S. The van der Waals surface area contributed by atoms with Gasteiger partial charge in [-0.2, -0.15) is 0 Å². The summed E-state index contributed by atoms with van der Waals surface area (Å²) in [5, 5.41) is 0.488. The average Bonchev–Trinajstić information content (AvgIpc) is 2.69. The van der Waals surface area contributed by atoms with Crippen molar-refractivity contribution in [2.75, 3.05) is 12.4 Å². The number of carbonyl (C=O) groups excluding carboxylic acids is 1. The van der Waals surface area contributed by atoms with Crippen molar-refractivity contribution in [3.63, 3.8) is 0 Å². The van der Waals surface area contributed by atoms with Gasteiger partial charge in [-0.15, -0.1) is 0 Å². The van der Waals surface area contributed by atoms with Gasteiger partial charge < -0.3 is 9.47 Å². The van der Waals surface area contributed by atoms with Crippen LogP contribution in [-0.2, 0) is 19.4 Å². The van der Waals surface area contributed by atoms with Crippen LogP contribution in [0.5, 0.6) is 5.75 Å². The van der Waals surface area contributed by atoms with E-state index in [0.717, 1.165) is 12.0 Å². The first-order valence-corrected chi connectivity index (χ1v) is 12.2. The third kappa shape index (κ3) is 5.99. The molecule has 30 heavy (non-hydrogen) atoms. The number of halogens is 1.